The molecule has 0 fully saturated rings. The van der Waals surface area contributed by atoms with Gasteiger partial charge in [-0.1, -0.05) is 30.3 Å². The quantitative estimate of drug-likeness (QED) is 0.807. The Labute approximate surface area is 125 Å². The highest BCUT2D eigenvalue weighted by Gasteiger charge is 2.25. The number of benzene rings is 2. The summed E-state index contributed by atoms with van der Waals surface area (Å²) >= 11 is 0. The van der Waals surface area contributed by atoms with E-state index in [-0.39, 0.29) is 5.97 Å². The normalized spacial score (nSPS) is 16.7. The summed E-state index contributed by atoms with van der Waals surface area (Å²) in [5.41, 5.74) is 4.53. The minimum atomic E-state index is -0.290. The summed E-state index contributed by atoms with van der Waals surface area (Å²) in [5, 5.41) is 0. The number of hydrogen-bond acceptors (Lipinski definition) is 3. The predicted octanol–water partition coefficient (Wildman–Crippen LogP) is 3.42. The van der Waals surface area contributed by atoms with Crippen LogP contribution in [0, 0.1) is 0 Å². The molecule has 1 atom stereocenters. The average molecular weight is 281 g/mol. The smallest absolute Gasteiger partial charge is 0.337 e. The lowest BCUT2D eigenvalue weighted by molar-refractivity contribution is 0.0600. The molecule has 1 heterocycles. The van der Waals surface area contributed by atoms with Crippen LogP contribution in [0.1, 0.15) is 28.4 Å². The number of rotatable bonds is 3. The van der Waals surface area contributed by atoms with Crippen LogP contribution in [0.3, 0.4) is 0 Å². The van der Waals surface area contributed by atoms with E-state index in [2.05, 4.69) is 36.1 Å². The van der Waals surface area contributed by atoms with Gasteiger partial charge in [-0.15, -0.1) is 0 Å². The van der Waals surface area contributed by atoms with Crippen molar-refractivity contribution < 1.29 is 9.53 Å². The predicted molar refractivity (Wildman–Crippen MR) is 83.6 cm³/mol. The lowest BCUT2D eigenvalue weighted by Gasteiger charge is -2.25. The highest BCUT2D eigenvalue weighted by atomic mass is 16.5. The molecule has 1 aliphatic rings. The van der Waals surface area contributed by atoms with Crippen LogP contribution in [0.5, 0.6) is 0 Å². The van der Waals surface area contributed by atoms with E-state index in [1.165, 1.54) is 23.9 Å². The van der Waals surface area contributed by atoms with Crippen molar-refractivity contribution in [1.82, 2.24) is 0 Å². The Hall–Kier alpha value is -2.29. The van der Waals surface area contributed by atoms with E-state index in [0.29, 0.717) is 11.6 Å². The Bertz CT molecular complexity index is 649. The summed E-state index contributed by atoms with van der Waals surface area (Å²) < 4.78 is 4.72. The Morgan fingerprint density at radius 1 is 1.19 bits per heavy atom. The first-order chi connectivity index (χ1) is 10.2. The molecule has 0 bridgehead atoms. The molecule has 0 aromatic heterocycles. The second-order valence-electron chi connectivity index (χ2n) is 5.50. The number of nitrogens with zero attached hydrogens (tertiary/aromatic N) is 1. The minimum Gasteiger partial charge on any atom is -0.465 e. The van der Waals surface area contributed by atoms with Crippen molar-refractivity contribution in [2.45, 2.75) is 25.9 Å². The van der Waals surface area contributed by atoms with Gasteiger partial charge < -0.3 is 9.64 Å². The molecule has 3 rings (SSSR count). The lowest BCUT2D eigenvalue weighted by atomic mass is 10.1. The Kier molecular flexibility index (Phi) is 3.65. The van der Waals surface area contributed by atoms with E-state index in [4.69, 9.17) is 4.74 Å². The van der Waals surface area contributed by atoms with Crippen molar-refractivity contribution >= 4 is 11.7 Å². The number of fused-ring (bicyclic) bond motifs is 1. The highest BCUT2D eigenvalue weighted by Crippen LogP contribution is 2.32. The molecule has 3 nitrogen and oxygen atoms in total. The fourth-order valence-corrected chi connectivity index (χ4v) is 2.93. The third-order valence-corrected chi connectivity index (χ3v) is 4.08. The number of hydrogen-bond donors (Lipinski definition) is 0. The summed E-state index contributed by atoms with van der Waals surface area (Å²) in [7, 11) is 1.40. The van der Waals surface area contributed by atoms with Gasteiger partial charge in [-0.25, -0.2) is 4.79 Å². The summed E-state index contributed by atoms with van der Waals surface area (Å²) in [6.45, 7) is 3.11. The van der Waals surface area contributed by atoms with Gasteiger partial charge in [0.15, 0.2) is 0 Å². The van der Waals surface area contributed by atoms with Crippen molar-refractivity contribution in [2.75, 3.05) is 12.0 Å². The first-order valence-electron chi connectivity index (χ1n) is 7.21. The van der Waals surface area contributed by atoms with Gasteiger partial charge in [0.25, 0.3) is 0 Å². The molecule has 0 N–H and O–H groups in total. The molecule has 2 aromatic carbocycles. The highest BCUT2D eigenvalue weighted by molar-refractivity contribution is 5.89. The van der Waals surface area contributed by atoms with Crippen LogP contribution in [0.15, 0.2) is 48.5 Å². The number of carbonyl (C=O) groups excluding carboxylic acids is 1. The third-order valence-electron chi connectivity index (χ3n) is 4.08. The SMILES string of the molecule is COC(=O)c1ccc(CN2c3ccccc3C[C@@H]2C)cc1. The van der Waals surface area contributed by atoms with Gasteiger partial charge in [0.05, 0.1) is 12.7 Å². The molecule has 3 heteroatoms. The van der Waals surface area contributed by atoms with Gasteiger partial charge in [0.2, 0.25) is 0 Å². The van der Waals surface area contributed by atoms with E-state index in [1.807, 2.05) is 24.3 Å². The molecule has 0 spiro atoms. The topological polar surface area (TPSA) is 29.5 Å². The second-order valence-corrected chi connectivity index (χ2v) is 5.50. The van der Waals surface area contributed by atoms with Crippen molar-refractivity contribution in [2.24, 2.45) is 0 Å². The number of carbonyl (C=O) groups is 1. The molecule has 108 valence electrons. The molecule has 0 saturated heterocycles. The van der Waals surface area contributed by atoms with E-state index in [9.17, 15) is 4.79 Å². The zero-order valence-electron chi connectivity index (χ0n) is 12.4. The number of anilines is 1. The average Bonchev–Trinajstić information content (AvgIpc) is 2.83. The third kappa shape index (κ3) is 2.64. The van der Waals surface area contributed by atoms with Crippen LogP contribution in [-0.4, -0.2) is 19.1 Å². The summed E-state index contributed by atoms with van der Waals surface area (Å²) in [4.78, 5) is 13.9. The van der Waals surface area contributed by atoms with Gasteiger partial charge in [0, 0.05) is 18.3 Å². The first kappa shape index (κ1) is 13.7. The largest absolute Gasteiger partial charge is 0.465 e. The molecule has 0 aliphatic carbocycles. The molecule has 0 amide bonds. The van der Waals surface area contributed by atoms with E-state index in [0.717, 1.165) is 13.0 Å². The molecule has 0 saturated carbocycles. The van der Waals surface area contributed by atoms with Crippen LogP contribution in [-0.2, 0) is 17.7 Å². The Balaban J connectivity index is 1.79. The minimum absolute atomic E-state index is 0.290. The molecule has 0 radical (unpaired) electrons. The van der Waals surface area contributed by atoms with Gasteiger partial charge in [0.1, 0.15) is 0 Å². The number of ether oxygens (including phenoxy) is 1. The van der Waals surface area contributed by atoms with Crippen molar-refractivity contribution in [3.05, 3.63) is 65.2 Å². The molecular weight excluding hydrogens is 262 g/mol. The lowest BCUT2D eigenvalue weighted by Crippen LogP contribution is -2.28. The molecular formula is C18H19NO2. The Morgan fingerprint density at radius 2 is 1.90 bits per heavy atom. The second kappa shape index (κ2) is 5.60. The fraction of sp³-hybridized carbons (Fsp3) is 0.278. The number of para-hydroxylation sites is 1. The Morgan fingerprint density at radius 3 is 2.62 bits per heavy atom. The van der Waals surface area contributed by atoms with Crippen molar-refractivity contribution in [1.29, 1.82) is 0 Å². The van der Waals surface area contributed by atoms with Crippen molar-refractivity contribution in [3.63, 3.8) is 0 Å². The zero-order valence-corrected chi connectivity index (χ0v) is 12.4. The maximum absolute atomic E-state index is 11.5. The fourth-order valence-electron chi connectivity index (χ4n) is 2.93. The van der Waals surface area contributed by atoms with E-state index in [1.54, 1.807) is 0 Å². The van der Waals surface area contributed by atoms with Crippen LogP contribution in [0.2, 0.25) is 0 Å². The molecule has 1 aliphatic heterocycles. The number of methoxy groups -OCH3 is 1. The van der Waals surface area contributed by atoms with Gasteiger partial charge in [-0.2, -0.15) is 0 Å². The van der Waals surface area contributed by atoms with Gasteiger partial charge >= 0.3 is 5.97 Å². The molecule has 2 aromatic rings. The first-order valence-corrected chi connectivity index (χ1v) is 7.21. The zero-order chi connectivity index (χ0) is 14.8. The van der Waals surface area contributed by atoms with Gasteiger partial charge in [-0.05, 0) is 42.7 Å². The van der Waals surface area contributed by atoms with E-state index >= 15 is 0 Å². The summed E-state index contributed by atoms with van der Waals surface area (Å²) in [6, 6.07) is 16.7. The van der Waals surface area contributed by atoms with Crippen LogP contribution >= 0.6 is 0 Å². The molecule has 21 heavy (non-hydrogen) atoms. The maximum atomic E-state index is 11.5. The van der Waals surface area contributed by atoms with Crippen molar-refractivity contribution in [3.8, 4) is 0 Å². The summed E-state index contributed by atoms with van der Waals surface area (Å²) in [5.74, 6) is -0.290. The van der Waals surface area contributed by atoms with Crippen LogP contribution < -0.4 is 4.90 Å². The molecule has 0 unspecified atom stereocenters. The summed E-state index contributed by atoms with van der Waals surface area (Å²) in [6.07, 6.45) is 1.09. The van der Waals surface area contributed by atoms with Gasteiger partial charge in [-0.3, -0.25) is 0 Å². The standard InChI is InChI=1S/C18H19NO2/c1-13-11-16-5-3-4-6-17(16)19(13)12-14-7-9-15(10-8-14)18(20)21-2/h3-10,13H,11-12H2,1-2H3/t13-/m0/s1. The maximum Gasteiger partial charge on any atom is 0.337 e. The number of esters is 1. The van der Waals surface area contributed by atoms with Crippen LogP contribution in [0.25, 0.3) is 0 Å². The van der Waals surface area contributed by atoms with Crippen LogP contribution in [0.4, 0.5) is 5.69 Å². The monoisotopic (exact) mass is 281 g/mol. The van der Waals surface area contributed by atoms with E-state index < -0.39 is 0 Å².